The molecule has 23 heavy (non-hydrogen) atoms. The average molecular weight is 321 g/mol. The predicted molar refractivity (Wildman–Crippen MR) is 86.0 cm³/mol. The molecule has 1 fully saturated rings. The number of anilines is 2. The van der Waals surface area contributed by atoms with Crippen molar-refractivity contribution >= 4 is 28.3 Å². The summed E-state index contributed by atoms with van der Waals surface area (Å²) in [5, 5.41) is 3.28. The molecule has 1 saturated heterocycles. The van der Waals surface area contributed by atoms with Crippen molar-refractivity contribution in [3.63, 3.8) is 0 Å². The van der Waals surface area contributed by atoms with E-state index in [-0.39, 0.29) is 18.6 Å². The highest BCUT2D eigenvalue weighted by Crippen LogP contribution is 2.35. The first-order valence-corrected chi connectivity index (χ1v) is 7.55. The summed E-state index contributed by atoms with van der Waals surface area (Å²) in [4.78, 5) is 20.7. The Morgan fingerprint density at radius 2 is 2.48 bits per heavy atom. The van der Waals surface area contributed by atoms with Crippen molar-refractivity contribution in [3.8, 4) is 0 Å². The molecule has 7 nitrogen and oxygen atoms in total. The van der Waals surface area contributed by atoms with Gasteiger partial charge in [0.05, 0.1) is 23.0 Å². The molecule has 0 aliphatic carbocycles. The van der Waals surface area contributed by atoms with Crippen molar-refractivity contribution in [2.75, 3.05) is 37.0 Å². The maximum absolute atomic E-state index is 14.5. The van der Waals surface area contributed by atoms with Crippen LogP contribution < -0.4 is 16.0 Å². The average Bonchev–Trinajstić information content (AvgIpc) is 2.90. The second kappa shape index (κ2) is 6.51. The first-order valence-electron chi connectivity index (χ1n) is 7.55. The minimum Gasteiger partial charge on any atom is -0.375 e. The molecule has 8 heteroatoms. The predicted octanol–water partition coefficient (Wildman–Crippen LogP) is 1.21. The molecule has 3 rings (SSSR count). The first kappa shape index (κ1) is 15.7. The molecule has 1 aliphatic heterocycles. The number of rotatable bonds is 4. The molecule has 1 atom stereocenters. The maximum Gasteiger partial charge on any atom is 0.250 e. The fourth-order valence-electron chi connectivity index (χ4n) is 2.99. The molecule has 0 radical (unpaired) electrons. The van der Waals surface area contributed by atoms with Crippen LogP contribution in [-0.2, 0) is 9.53 Å². The lowest BCUT2D eigenvalue weighted by atomic mass is 10.1. The van der Waals surface area contributed by atoms with E-state index in [4.69, 9.17) is 10.5 Å². The van der Waals surface area contributed by atoms with E-state index < -0.39 is 5.82 Å². The summed E-state index contributed by atoms with van der Waals surface area (Å²) in [5.41, 5.74) is 7.46. The van der Waals surface area contributed by atoms with E-state index in [0.717, 1.165) is 19.4 Å². The van der Waals surface area contributed by atoms with Gasteiger partial charge in [0.2, 0.25) is 5.91 Å². The third-order valence-corrected chi connectivity index (χ3v) is 3.95. The number of nitrogens with zero attached hydrogens (tertiary/aromatic N) is 2. The molecular weight excluding hydrogens is 301 g/mol. The smallest absolute Gasteiger partial charge is 0.250 e. The van der Waals surface area contributed by atoms with Crippen LogP contribution in [0.15, 0.2) is 12.4 Å². The van der Waals surface area contributed by atoms with Crippen LogP contribution in [0.1, 0.15) is 12.8 Å². The van der Waals surface area contributed by atoms with Crippen molar-refractivity contribution < 1.29 is 13.9 Å². The number of aromatic amines is 1. The zero-order valence-corrected chi connectivity index (χ0v) is 12.9. The van der Waals surface area contributed by atoms with Crippen LogP contribution >= 0.6 is 0 Å². The number of hydrogen-bond donors (Lipinski definition) is 3. The maximum atomic E-state index is 14.5. The Labute approximate surface area is 133 Å². The molecule has 0 spiro atoms. The molecular formula is C15H20FN5O2. The molecule has 0 unspecified atom stereocenters. The lowest BCUT2D eigenvalue weighted by molar-refractivity contribution is -0.119. The SMILES string of the molecule is COCC(=O)Nc1c[nH]c2ncc(F)c(N3CCC[C@@H](N)C3)c12. The summed E-state index contributed by atoms with van der Waals surface area (Å²) in [6.45, 7) is 1.23. The van der Waals surface area contributed by atoms with Gasteiger partial charge in [-0.15, -0.1) is 0 Å². The van der Waals surface area contributed by atoms with Crippen LogP contribution in [-0.4, -0.2) is 48.7 Å². The fraction of sp³-hybridized carbons (Fsp3) is 0.467. The van der Waals surface area contributed by atoms with Crippen LogP contribution in [0.4, 0.5) is 15.8 Å². The van der Waals surface area contributed by atoms with Gasteiger partial charge >= 0.3 is 0 Å². The van der Waals surface area contributed by atoms with Gasteiger partial charge in [-0.1, -0.05) is 0 Å². The number of pyridine rings is 1. The van der Waals surface area contributed by atoms with Crippen LogP contribution in [0.5, 0.6) is 0 Å². The highest BCUT2D eigenvalue weighted by atomic mass is 19.1. The zero-order valence-electron chi connectivity index (χ0n) is 12.9. The monoisotopic (exact) mass is 321 g/mol. The van der Waals surface area contributed by atoms with Gasteiger partial charge in [-0.05, 0) is 12.8 Å². The molecule has 1 amide bonds. The minimum atomic E-state index is -0.423. The summed E-state index contributed by atoms with van der Waals surface area (Å²) in [7, 11) is 1.44. The van der Waals surface area contributed by atoms with Crippen molar-refractivity contribution in [3.05, 3.63) is 18.2 Å². The minimum absolute atomic E-state index is 0.0110. The highest BCUT2D eigenvalue weighted by Gasteiger charge is 2.24. The normalized spacial score (nSPS) is 18.4. The number of fused-ring (bicyclic) bond motifs is 1. The Kier molecular flexibility index (Phi) is 4.44. The van der Waals surface area contributed by atoms with Gasteiger partial charge in [-0.3, -0.25) is 4.79 Å². The van der Waals surface area contributed by atoms with E-state index in [0.29, 0.717) is 29.0 Å². The number of carbonyl (C=O) groups is 1. The largest absolute Gasteiger partial charge is 0.375 e. The number of methoxy groups -OCH3 is 1. The number of halogens is 1. The van der Waals surface area contributed by atoms with E-state index >= 15 is 0 Å². The number of H-pyrrole nitrogens is 1. The Morgan fingerprint density at radius 3 is 3.22 bits per heavy atom. The van der Waals surface area contributed by atoms with Crippen LogP contribution in [0.3, 0.4) is 0 Å². The number of ether oxygens (including phenoxy) is 1. The molecule has 1 aliphatic rings. The second-order valence-corrected chi connectivity index (χ2v) is 5.71. The Bertz CT molecular complexity index is 717. The molecule has 124 valence electrons. The number of aromatic nitrogens is 2. The molecule has 0 saturated carbocycles. The summed E-state index contributed by atoms with van der Waals surface area (Å²) < 4.78 is 19.3. The fourth-order valence-corrected chi connectivity index (χ4v) is 2.99. The molecule has 2 aromatic heterocycles. The third kappa shape index (κ3) is 3.13. The quantitative estimate of drug-likeness (QED) is 0.787. The van der Waals surface area contributed by atoms with E-state index in [2.05, 4.69) is 15.3 Å². The van der Waals surface area contributed by atoms with Gasteiger partial charge in [-0.25, -0.2) is 9.37 Å². The first-order chi connectivity index (χ1) is 11.1. The van der Waals surface area contributed by atoms with Gasteiger partial charge < -0.3 is 25.7 Å². The van der Waals surface area contributed by atoms with Crippen molar-refractivity contribution in [2.45, 2.75) is 18.9 Å². The Hall–Kier alpha value is -2.19. The van der Waals surface area contributed by atoms with Crippen LogP contribution in [0.25, 0.3) is 11.0 Å². The Balaban J connectivity index is 2.03. The summed E-state index contributed by atoms with van der Waals surface area (Å²) in [6, 6.07) is 0.0110. The molecule has 2 aromatic rings. The lowest BCUT2D eigenvalue weighted by Crippen LogP contribution is -2.43. The number of hydrogen-bond acceptors (Lipinski definition) is 5. The lowest BCUT2D eigenvalue weighted by Gasteiger charge is -2.33. The zero-order chi connectivity index (χ0) is 16.4. The van der Waals surface area contributed by atoms with Crippen molar-refractivity contribution in [1.82, 2.24) is 9.97 Å². The molecule has 0 bridgehead atoms. The van der Waals surface area contributed by atoms with Gasteiger partial charge in [0.1, 0.15) is 12.3 Å². The number of nitrogens with one attached hydrogen (secondary N) is 2. The number of nitrogens with two attached hydrogens (primary N) is 1. The number of piperidine rings is 1. The van der Waals surface area contributed by atoms with Crippen molar-refractivity contribution in [1.29, 1.82) is 0 Å². The molecule has 4 N–H and O–H groups in total. The van der Waals surface area contributed by atoms with E-state index in [1.54, 1.807) is 6.20 Å². The Morgan fingerprint density at radius 1 is 1.65 bits per heavy atom. The van der Waals surface area contributed by atoms with Crippen LogP contribution in [0.2, 0.25) is 0 Å². The summed E-state index contributed by atoms with van der Waals surface area (Å²) in [5.74, 6) is -0.729. The topological polar surface area (TPSA) is 96.3 Å². The van der Waals surface area contributed by atoms with Crippen LogP contribution in [0, 0.1) is 5.82 Å². The van der Waals surface area contributed by atoms with E-state index in [9.17, 15) is 9.18 Å². The number of amides is 1. The molecule has 3 heterocycles. The highest BCUT2D eigenvalue weighted by molar-refractivity contribution is 6.06. The standard InChI is InChI=1S/C15H20FN5O2/c1-23-8-12(22)20-11-6-19-15-13(11)14(10(16)5-18-15)21-4-2-3-9(17)7-21/h5-6,9H,2-4,7-8,17H2,1H3,(H,18,19)(H,20,22)/t9-/m1/s1. The summed E-state index contributed by atoms with van der Waals surface area (Å²) in [6.07, 6.45) is 4.63. The summed E-state index contributed by atoms with van der Waals surface area (Å²) >= 11 is 0. The third-order valence-electron chi connectivity index (χ3n) is 3.95. The second-order valence-electron chi connectivity index (χ2n) is 5.71. The van der Waals surface area contributed by atoms with E-state index in [1.165, 1.54) is 13.3 Å². The van der Waals surface area contributed by atoms with Gasteiger partial charge in [0, 0.05) is 32.4 Å². The molecule has 0 aromatic carbocycles. The number of carbonyl (C=O) groups excluding carboxylic acids is 1. The van der Waals surface area contributed by atoms with Gasteiger partial charge in [-0.2, -0.15) is 0 Å². The van der Waals surface area contributed by atoms with E-state index in [1.807, 2.05) is 4.90 Å². The van der Waals surface area contributed by atoms with Gasteiger partial charge in [0.25, 0.3) is 0 Å². The van der Waals surface area contributed by atoms with Gasteiger partial charge in [0.15, 0.2) is 5.82 Å². The van der Waals surface area contributed by atoms with Crippen molar-refractivity contribution in [2.24, 2.45) is 5.73 Å².